The average molecular weight is 189 g/mol. The fourth-order valence-electron chi connectivity index (χ4n) is 2.28. The zero-order valence-electron chi connectivity index (χ0n) is 9.09. The van der Waals surface area contributed by atoms with Gasteiger partial charge in [-0.05, 0) is 30.0 Å². The molecule has 76 valence electrons. The van der Waals surface area contributed by atoms with Crippen molar-refractivity contribution in [3.8, 4) is 0 Å². The highest BCUT2D eigenvalue weighted by molar-refractivity contribution is 5.32. The quantitative estimate of drug-likeness (QED) is 0.754. The van der Waals surface area contributed by atoms with Crippen molar-refractivity contribution in [3.05, 3.63) is 35.4 Å². The van der Waals surface area contributed by atoms with Crippen molar-refractivity contribution in [3.63, 3.8) is 0 Å². The van der Waals surface area contributed by atoms with Gasteiger partial charge in [0, 0.05) is 6.04 Å². The molecule has 0 saturated heterocycles. The molecule has 1 aliphatic rings. The maximum Gasteiger partial charge on any atom is 0.0348 e. The van der Waals surface area contributed by atoms with E-state index in [9.17, 15) is 0 Å². The molecule has 1 nitrogen and oxygen atoms in total. The van der Waals surface area contributed by atoms with Gasteiger partial charge in [-0.15, -0.1) is 0 Å². The number of hydrogen-bond acceptors (Lipinski definition) is 1. The van der Waals surface area contributed by atoms with Gasteiger partial charge in [0.15, 0.2) is 0 Å². The Bertz CT molecular complexity index is 306. The maximum atomic E-state index is 3.63. The van der Waals surface area contributed by atoms with E-state index in [2.05, 4.69) is 43.4 Å². The molecule has 0 aliphatic carbocycles. The smallest absolute Gasteiger partial charge is 0.0348 e. The molecule has 0 fully saturated rings. The molecule has 0 amide bonds. The lowest BCUT2D eigenvalue weighted by molar-refractivity contribution is 0.363. The predicted octanol–water partition coefficient (Wildman–Crippen LogP) is 2.92. The highest BCUT2D eigenvalue weighted by Crippen LogP contribution is 2.29. The lowest BCUT2D eigenvalue weighted by atomic mass is 9.86. The van der Waals surface area contributed by atoms with Crippen LogP contribution in [-0.2, 0) is 6.42 Å². The Labute approximate surface area is 86.5 Å². The van der Waals surface area contributed by atoms with Crippen molar-refractivity contribution in [2.24, 2.45) is 5.92 Å². The third kappa shape index (κ3) is 1.69. The predicted molar refractivity (Wildman–Crippen MR) is 60.3 cm³/mol. The number of hydrogen-bond donors (Lipinski definition) is 1. The topological polar surface area (TPSA) is 12.0 Å². The van der Waals surface area contributed by atoms with Gasteiger partial charge in [0.05, 0.1) is 0 Å². The number of rotatable bonds is 2. The van der Waals surface area contributed by atoms with E-state index in [-0.39, 0.29) is 0 Å². The van der Waals surface area contributed by atoms with Gasteiger partial charge in [0.25, 0.3) is 0 Å². The van der Waals surface area contributed by atoms with Crippen LogP contribution in [0.2, 0.25) is 0 Å². The van der Waals surface area contributed by atoms with Crippen LogP contribution >= 0.6 is 0 Å². The second kappa shape index (κ2) is 4.14. The second-order valence-corrected chi connectivity index (χ2v) is 4.27. The highest BCUT2D eigenvalue weighted by Gasteiger charge is 2.22. The Morgan fingerprint density at radius 3 is 3.00 bits per heavy atom. The Morgan fingerprint density at radius 2 is 2.21 bits per heavy atom. The molecule has 0 saturated carbocycles. The van der Waals surface area contributed by atoms with Crippen molar-refractivity contribution < 1.29 is 0 Å². The van der Waals surface area contributed by atoms with E-state index >= 15 is 0 Å². The van der Waals surface area contributed by atoms with E-state index in [0.29, 0.717) is 6.04 Å². The summed E-state index contributed by atoms with van der Waals surface area (Å²) >= 11 is 0. The zero-order valence-corrected chi connectivity index (χ0v) is 9.09. The molecule has 14 heavy (non-hydrogen) atoms. The second-order valence-electron chi connectivity index (χ2n) is 4.27. The Kier molecular flexibility index (Phi) is 2.87. The molecule has 1 unspecified atom stereocenters. The molecule has 1 aromatic carbocycles. The van der Waals surface area contributed by atoms with E-state index in [1.54, 1.807) is 0 Å². The van der Waals surface area contributed by atoms with Crippen LogP contribution in [0, 0.1) is 5.92 Å². The first-order chi connectivity index (χ1) is 6.83. The standard InChI is InChI=1S/C13H19N/c1-3-10(2)13-12-7-5-4-6-11(12)8-9-14-13/h4-7,10,13-14H,3,8-9H2,1-2H3/t10?,13-/m1/s1. The summed E-state index contributed by atoms with van der Waals surface area (Å²) in [5.41, 5.74) is 3.06. The molecule has 1 aromatic rings. The van der Waals surface area contributed by atoms with E-state index < -0.39 is 0 Å². The van der Waals surface area contributed by atoms with Crippen LogP contribution in [0.4, 0.5) is 0 Å². The highest BCUT2D eigenvalue weighted by atomic mass is 14.9. The molecule has 1 heteroatoms. The summed E-state index contributed by atoms with van der Waals surface area (Å²) in [5, 5.41) is 3.63. The Hall–Kier alpha value is -0.820. The molecule has 0 spiro atoms. The van der Waals surface area contributed by atoms with Crippen LogP contribution in [-0.4, -0.2) is 6.54 Å². The summed E-state index contributed by atoms with van der Waals surface area (Å²) in [5.74, 6) is 0.733. The summed E-state index contributed by atoms with van der Waals surface area (Å²) < 4.78 is 0. The molecule has 1 heterocycles. The molecular weight excluding hydrogens is 170 g/mol. The zero-order chi connectivity index (χ0) is 9.97. The van der Waals surface area contributed by atoms with E-state index in [1.165, 1.54) is 24.0 Å². The minimum Gasteiger partial charge on any atom is -0.309 e. The van der Waals surface area contributed by atoms with E-state index in [0.717, 1.165) is 12.5 Å². The minimum absolute atomic E-state index is 0.574. The SMILES string of the molecule is CCC(C)[C@H]1NCCc2ccccc21. The van der Waals surface area contributed by atoms with Gasteiger partial charge in [0.1, 0.15) is 0 Å². The van der Waals surface area contributed by atoms with Crippen LogP contribution < -0.4 is 5.32 Å². The first-order valence-corrected chi connectivity index (χ1v) is 5.64. The van der Waals surface area contributed by atoms with Crippen molar-refractivity contribution in [1.29, 1.82) is 0 Å². The maximum absolute atomic E-state index is 3.63. The Morgan fingerprint density at radius 1 is 1.43 bits per heavy atom. The molecule has 2 rings (SSSR count). The number of nitrogens with one attached hydrogen (secondary N) is 1. The van der Waals surface area contributed by atoms with Crippen molar-refractivity contribution in [2.45, 2.75) is 32.7 Å². The number of fused-ring (bicyclic) bond motifs is 1. The van der Waals surface area contributed by atoms with Gasteiger partial charge in [-0.1, -0.05) is 44.5 Å². The van der Waals surface area contributed by atoms with Crippen LogP contribution in [0.15, 0.2) is 24.3 Å². The lowest BCUT2D eigenvalue weighted by Crippen LogP contribution is -2.33. The van der Waals surface area contributed by atoms with Crippen molar-refractivity contribution in [1.82, 2.24) is 5.32 Å². The summed E-state index contributed by atoms with van der Waals surface area (Å²) in [4.78, 5) is 0. The average Bonchev–Trinajstić information content (AvgIpc) is 2.27. The molecule has 2 atom stereocenters. The molecule has 0 bridgehead atoms. The molecule has 1 aliphatic heterocycles. The largest absolute Gasteiger partial charge is 0.309 e. The third-order valence-corrected chi connectivity index (χ3v) is 3.36. The number of benzene rings is 1. The molecule has 1 N–H and O–H groups in total. The van der Waals surface area contributed by atoms with E-state index in [4.69, 9.17) is 0 Å². The normalized spacial score (nSPS) is 22.9. The molecular formula is C13H19N. The lowest BCUT2D eigenvalue weighted by Gasteiger charge is -2.31. The summed E-state index contributed by atoms with van der Waals surface area (Å²) in [6.07, 6.45) is 2.43. The fourth-order valence-corrected chi connectivity index (χ4v) is 2.28. The van der Waals surface area contributed by atoms with Gasteiger partial charge >= 0.3 is 0 Å². The first-order valence-electron chi connectivity index (χ1n) is 5.64. The Balaban J connectivity index is 2.30. The minimum atomic E-state index is 0.574. The fraction of sp³-hybridized carbons (Fsp3) is 0.538. The van der Waals surface area contributed by atoms with Gasteiger partial charge in [0.2, 0.25) is 0 Å². The van der Waals surface area contributed by atoms with Gasteiger partial charge in [-0.2, -0.15) is 0 Å². The monoisotopic (exact) mass is 189 g/mol. The third-order valence-electron chi connectivity index (χ3n) is 3.36. The van der Waals surface area contributed by atoms with Gasteiger partial charge in [-0.3, -0.25) is 0 Å². The summed E-state index contributed by atoms with van der Waals surface area (Å²) in [6.45, 7) is 5.73. The summed E-state index contributed by atoms with van der Waals surface area (Å²) in [6, 6.07) is 9.42. The van der Waals surface area contributed by atoms with E-state index in [1.807, 2.05) is 0 Å². The van der Waals surface area contributed by atoms with Crippen molar-refractivity contribution >= 4 is 0 Å². The molecule has 0 radical (unpaired) electrons. The van der Waals surface area contributed by atoms with Gasteiger partial charge < -0.3 is 5.32 Å². The van der Waals surface area contributed by atoms with Gasteiger partial charge in [-0.25, -0.2) is 0 Å². The molecule has 0 aromatic heterocycles. The van der Waals surface area contributed by atoms with Crippen LogP contribution in [0.3, 0.4) is 0 Å². The van der Waals surface area contributed by atoms with Crippen LogP contribution in [0.1, 0.15) is 37.4 Å². The first kappa shape index (κ1) is 9.72. The summed E-state index contributed by atoms with van der Waals surface area (Å²) in [7, 11) is 0. The van der Waals surface area contributed by atoms with Crippen molar-refractivity contribution in [2.75, 3.05) is 6.54 Å². The van der Waals surface area contributed by atoms with Crippen LogP contribution in [0.25, 0.3) is 0 Å². The van der Waals surface area contributed by atoms with Crippen LogP contribution in [0.5, 0.6) is 0 Å².